The van der Waals surface area contributed by atoms with Crippen LogP contribution in [0.4, 0.5) is 10.1 Å². The van der Waals surface area contributed by atoms with E-state index in [0.717, 1.165) is 28.0 Å². The minimum atomic E-state index is -0.432. The SMILES string of the molecule is CCc1ccc2nc(N(CCN(C)C)C(=O)/C=C/c3ccc([N+](=O)[O-])s3)sc2c1. The Labute approximate surface area is 177 Å². The number of amides is 1. The van der Waals surface area contributed by atoms with Gasteiger partial charge in [-0.1, -0.05) is 35.7 Å². The average molecular weight is 431 g/mol. The van der Waals surface area contributed by atoms with Crippen LogP contribution in [0.15, 0.2) is 36.4 Å². The van der Waals surface area contributed by atoms with Crippen molar-refractivity contribution in [2.45, 2.75) is 13.3 Å². The van der Waals surface area contributed by atoms with E-state index in [1.807, 2.05) is 25.1 Å². The van der Waals surface area contributed by atoms with Crippen LogP contribution < -0.4 is 4.90 Å². The van der Waals surface area contributed by atoms with Crippen LogP contribution in [0, 0.1) is 10.1 Å². The first-order valence-electron chi connectivity index (χ1n) is 9.15. The standard InChI is InChI=1S/C20H22N4O3S2/c1-4-14-5-8-16-17(13-14)29-20(21-16)23(12-11-22(2)3)18(25)9-6-15-7-10-19(28-15)24(26)27/h5-10,13H,4,11-12H2,1-3H3/b9-6+. The first-order chi connectivity index (χ1) is 13.9. The number of carbonyl (C=O) groups is 1. The maximum Gasteiger partial charge on any atom is 0.324 e. The Balaban J connectivity index is 1.86. The van der Waals surface area contributed by atoms with Crippen molar-refractivity contribution in [1.82, 2.24) is 9.88 Å². The molecule has 7 nitrogen and oxygen atoms in total. The molecule has 1 amide bonds. The van der Waals surface area contributed by atoms with E-state index in [2.05, 4.69) is 24.0 Å². The van der Waals surface area contributed by atoms with Gasteiger partial charge in [-0.2, -0.15) is 0 Å². The Hall–Kier alpha value is -2.62. The Kier molecular flexibility index (Phi) is 6.73. The number of aromatic nitrogens is 1. The van der Waals surface area contributed by atoms with Gasteiger partial charge in [0.25, 0.3) is 5.91 Å². The van der Waals surface area contributed by atoms with Gasteiger partial charge in [-0.25, -0.2) is 4.98 Å². The van der Waals surface area contributed by atoms with E-state index in [1.54, 1.807) is 17.0 Å². The van der Waals surface area contributed by atoms with Gasteiger partial charge in [-0.05, 0) is 50.4 Å². The predicted octanol–water partition coefficient (Wildman–Crippen LogP) is 4.44. The molecule has 0 saturated carbocycles. The number of hydrogen-bond acceptors (Lipinski definition) is 7. The molecule has 0 radical (unpaired) electrons. The number of thiazole rings is 1. The maximum absolute atomic E-state index is 12.9. The van der Waals surface area contributed by atoms with Gasteiger partial charge >= 0.3 is 5.00 Å². The Morgan fingerprint density at radius 3 is 2.66 bits per heavy atom. The first-order valence-corrected chi connectivity index (χ1v) is 10.8. The number of thiophene rings is 1. The molecule has 29 heavy (non-hydrogen) atoms. The zero-order chi connectivity index (χ0) is 21.0. The number of anilines is 1. The van der Waals surface area contributed by atoms with Crippen LogP contribution in [0.25, 0.3) is 16.3 Å². The normalized spacial score (nSPS) is 11.6. The molecular weight excluding hydrogens is 408 g/mol. The predicted molar refractivity (Wildman–Crippen MR) is 120 cm³/mol. The molecule has 9 heteroatoms. The number of hydrogen-bond donors (Lipinski definition) is 0. The molecule has 0 unspecified atom stereocenters. The topological polar surface area (TPSA) is 79.6 Å². The van der Waals surface area contributed by atoms with E-state index in [9.17, 15) is 14.9 Å². The minimum Gasteiger partial charge on any atom is -0.308 e. The van der Waals surface area contributed by atoms with Gasteiger partial charge in [-0.15, -0.1) is 0 Å². The molecule has 0 N–H and O–H groups in total. The Morgan fingerprint density at radius 2 is 2.00 bits per heavy atom. The lowest BCUT2D eigenvalue weighted by Crippen LogP contribution is -2.35. The molecule has 3 aromatic rings. The number of likely N-dealkylation sites (N-methyl/N-ethyl adjacent to an activating group) is 1. The highest BCUT2D eigenvalue weighted by atomic mass is 32.1. The van der Waals surface area contributed by atoms with Crippen molar-refractivity contribution in [2.75, 3.05) is 32.1 Å². The highest BCUT2D eigenvalue weighted by molar-refractivity contribution is 7.22. The van der Waals surface area contributed by atoms with E-state index in [4.69, 9.17) is 0 Å². The van der Waals surface area contributed by atoms with E-state index >= 15 is 0 Å². The van der Waals surface area contributed by atoms with Crippen molar-refractivity contribution in [3.63, 3.8) is 0 Å². The fourth-order valence-electron chi connectivity index (χ4n) is 2.67. The Morgan fingerprint density at radius 1 is 1.21 bits per heavy atom. The third-order valence-corrected chi connectivity index (χ3v) is 6.34. The second kappa shape index (κ2) is 9.25. The second-order valence-electron chi connectivity index (χ2n) is 6.71. The van der Waals surface area contributed by atoms with Crippen LogP contribution in [0.3, 0.4) is 0 Å². The zero-order valence-electron chi connectivity index (χ0n) is 16.5. The molecule has 2 aromatic heterocycles. The lowest BCUT2D eigenvalue weighted by molar-refractivity contribution is -0.380. The van der Waals surface area contributed by atoms with E-state index in [1.165, 1.54) is 29.0 Å². The molecule has 2 heterocycles. The van der Waals surface area contributed by atoms with Crippen LogP contribution >= 0.6 is 22.7 Å². The van der Waals surface area contributed by atoms with Crippen molar-refractivity contribution >= 4 is 55.0 Å². The molecule has 0 saturated heterocycles. The van der Waals surface area contributed by atoms with Crippen LogP contribution in [-0.4, -0.2) is 47.9 Å². The molecule has 0 atom stereocenters. The smallest absolute Gasteiger partial charge is 0.308 e. The van der Waals surface area contributed by atoms with E-state index in [-0.39, 0.29) is 10.9 Å². The van der Waals surface area contributed by atoms with Gasteiger partial charge in [0.15, 0.2) is 5.13 Å². The first kappa shape index (κ1) is 21.1. The molecule has 0 aliphatic heterocycles. The molecule has 0 aliphatic rings. The summed E-state index contributed by atoms with van der Waals surface area (Å²) in [5.41, 5.74) is 2.11. The zero-order valence-corrected chi connectivity index (χ0v) is 18.1. The third kappa shape index (κ3) is 5.26. The minimum absolute atomic E-state index is 0.0551. The highest BCUT2D eigenvalue weighted by Gasteiger charge is 2.18. The van der Waals surface area contributed by atoms with E-state index in [0.29, 0.717) is 23.1 Å². The number of aryl methyl sites for hydroxylation is 1. The fourth-order valence-corrected chi connectivity index (χ4v) is 4.45. The molecular formula is C20H22N4O3S2. The lowest BCUT2D eigenvalue weighted by atomic mass is 10.2. The lowest BCUT2D eigenvalue weighted by Gasteiger charge is -2.20. The van der Waals surface area contributed by atoms with Gasteiger partial charge < -0.3 is 4.90 Å². The molecule has 3 rings (SSSR count). The van der Waals surface area contributed by atoms with Crippen LogP contribution in [0.2, 0.25) is 0 Å². The number of nitrogens with zero attached hydrogens (tertiary/aromatic N) is 4. The third-order valence-electron chi connectivity index (χ3n) is 4.30. The van der Waals surface area contributed by atoms with Gasteiger partial charge in [0.05, 0.1) is 15.1 Å². The molecule has 0 bridgehead atoms. The number of fused-ring (bicyclic) bond motifs is 1. The van der Waals surface area contributed by atoms with Gasteiger partial charge in [-0.3, -0.25) is 19.8 Å². The summed E-state index contributed by atoms with van der Waals surface area (Å²) in [7, 11) is 3.91. The van der Waals surface area contributed by atoms with Crippen molar-refractivity contribution < 1.29 is 9.72 Å². The summed E-state index contributed by atoms with van der Waals surface area (Å²) in [6, 6.07) is 9.24. The van der Waals surface area contributed by atoms with E-state index < -0.39 is 4.92 Å². The summed E-state index contributed by atoms with van der Waals surface area (Å²) < 4.78 is 1.06. The maximum atomic E-state index is 12.9. The van der Waals surface area contributed by atoms with Crippen molar-refractivity contribution in [2.24, 2.45) is 0 Å². The number of carbonyl (C=O) groups excluding carboxylic acids is 1. The van der Waals surface area contributed by atoms with Crippen molar-refractivity contribution in [3.05, 3.63) is 57.0 Å². The number of nitro groups is 1. The summed E-state index contributed by atoms with van der Waals surface area (Å²) in [5, 5.41) is 11.5. The Bertz CT molecular complexity index is 1060. The average Bonchev–Trinajstić information content (AvgIpc) is 3.32. The summed E-state index contributed by atoms with van der Waals surface area (Å²) in [6.07, 6.45) is 4.02. The number of benzene rings is 1. The molecule has 0 aliphatic carbocycles. The van der Waals surface area contributed by atoms with Crippen molar-refractivity contribution in [3.8, 4) is 0 Å². The van der Waals surface area contributed by atoms with Gasteiger partial charge in [0.2, 0.25) is 0 Å². The monoisotopic (exact) mass is 430 g/mol. The van der Waals surface area contributed by atoms with Gasteiger partial charge in [0, 0.05) is 30.1 Å². The highest BCUT2D eigenvalue weighted by Crippen LogP contribution is 2.30. The van der Waals surface area contributed by atoms with Gasteiger partial charge in [0.1, 0.15) is 0 Å². The number of rotatable bonds is 8. The molecule has 1 aromatic carbocycles. The largest absolute Gasteiger partial charge is 0.324 e. The molecule has 152 valence electrons. The van der Waals surface area contributed by atoms with Crippen LogP contribution in [0.1, 0.15) is 17.4 Å². The summed E-state index contributed by atoms with van der Waals surface area (Å²) in [4.78, 5) is 32.3. The van der Waals surface area contributed by atoms with Crippen LogP contribution in [0.5, 0.6) is 0 Å². The fraction of sp³-hybridized carbons (Fsp3) is 0.300. The molecule has 0 spiro atoms. The summed E-state index contributed by atoms with van der Waals surface area (Å²) in [5.74, 6) is -0.197. The molecule has 0 fully saturated rings. The second-order valence-corrected chi connectivity index (χ2v) is 8.81. The summed E-state index contributed by atoms with van der Waals surface area (Å²) >= 11 is 2.54. The summed E-state index contributed by atoms with van der Waals surface area (Å²) in [6.45, 7) is 3.30. The van der Waals surface area contributed by atoms with Crippen molar-refractivity contribution in [1.29, 1.82) is 0 Å². The van der Waals surface area contributed by atoms with Crippen LogP contribution in [-0.2, 0) is 11.2 Å². The quantitative estimate of drug-likeness (QED) is 0.300.